The van der Waals surface area contributed by atoms with Gasteiger partial charge in [-0.25, -0.2) is 8.42 Å². The third kappa shape index (κ3) is 5.64. The molecular weight excluding hydrogens is 440 g/mol. The monoisotopic (exact) mass is 466 g/mol. The quantitative estimate of drug-likeness (QED) is 0.550. The fourth-order valence-electron chi connectivity index (χ4n) is 3.55. The lowest BCUT2D eigenvalue weighted by Crippen LogP contribution is -2.26. The summed E-state index contributed by atoms with van der Waals surface area (Å²) in [6.07, 6.45) is 1.45. The third-order valence-corrected chi connectivity index (χ3v) is 6.73. The van der Waals surface area contributed by atoms with Gasteiger partial charge in [0.05, 0.1) is 18.1 Å². The van der Waals surface area contributed by atoms with Crippen molar-refractivity contribution in [3.8, 4) is 11.5 Å². The van der Waals surface area contributed by atoms with Crippen molar-refractivity contribution < 1.29 is 22.7 Å². The van der Waals surface area contributed by atoms with Gasteiger partial charge in [-0.15, -0.1) is 0 Å². The fourth-order valence-corrected chi connectivity index (χ4v) is 4.62. The van der Waals surface area contributed by atoms with Gasteiger partial charge < -0.3 is 14.8 Å². The lowest BCUT2D eigenvalue weighted by atomic mass is 10.1. The summed E-state index contributed by atoms with van der Waals surface area (Å²) < 4.78 is 39.5. The van der Waals surface area contributed by atoms with Crippen LogP contribution in [0.25, 0.3) is 0 Å². The van der Waals surface area contributed by atoms with Gasteiger partial charge in [0.2, 0.25) is 0 Å². The smallest absolute Gasteiger partial charge is 0.262 e. The summed E-state index contributed by atoms with van der Waals surface area (Å²) in [6.45, 7) is 3.51. The maximum Gasteiger partial charge on any atom is 0.262 e. The number of hydrogen-bond acceptors (Lipinski definition) is 5. The molecule has 4 rings (SSSR count). The van der Waals surface area contributed by atoms with Crippen molar-refractivity contribution in [3.63, 3.8) is 0 Å². The van der Waals surface area contributed by atoms with Crippen molar-refractivity contribution in [1.29, 1.82) is 0 Å². The Hall–Kier alpha value is -3.52. The van der Waals surface area contributed by atoms with Crippen molar-refractivity contribution in [1.82, 2.24) is 5.32 Å². The molecule has 0 atom stereocenters. The second-order valence-corrected chi connectivity index (χ2v) is 9.46. The molecule has 0 bridgehead atoms. The van der Waals surface area contributed by atoms with E-state index in [-0.39, 0.29) is 10.8 Å². The molecule has 0 radical (unpaired) electrons. The first kappa shape index (κ1) is 22.7. The molecular formula is C25H26N2O5S. The number of benzene rings is 3. The van der Waals surface area contributed by atoms with Gasteiger partial charge in [-0.05, 0) is 54.8 Å². The molecule has 0 spiro atoms. The molecule has 1 aliphatic rings. The SMILES string of the molecule is Cc1ccccc1CCNC(=O)c1cccc(NS(=O)(=O)c2ccc3c(c2)OCCCO3)c1. The van der Waals surface area contributed by atoms with Gasteiger partial charge in [0.1, 0.15) is 0 Å². The first-order chi connectivity index (χ1) is 15.9. The Kier molecular flexibility index (Phi) is 6.84. The molecule has 3 aromatic rings. The average molecular weight is 467 g/mol. The summed E-state index contributed by atoms with van der Waals surface area (Å²) in [5, 5.41) is 2.89. The highest BCUT2D eigenvalue weighted by Gasteiger charge is 2.19. The van der Waals surface area contributed by atoms with Crippen LogP contribution in [0.1, 0.15) is 27.9 Å². The number of hydrogen-bond donors (Lipinski definition) is 2. The summed E-state index contributed by atoms with van der Waals surface area (Å²) in [7, 11) is -3.88. The van der Waals surface area contributed by atoms with Crippen molar-refractivity contribution >= 4 is 21.6 Å². The standard InChI is InChI=1S/C25H26N2O5S/c1-18-6-2-3-7-19(18)12-13-26-25(28)20-8-4-9-21(16-20)27-33(29,30)22-10-11-23-24(17-22)32-15-5-14-31-23/h2-4,6-11,16-17,27H,5,12-15H2,1H3,(H,26,28). The molecule has 0 unspecified atom stereocenters. The first-order valence-electron chi connectivity index (χ1n) is 10.8. The van der Waals surface area contributed by atoms with Crippen LogP contribution < -0.4 is 19.5 Å². The first-order valence-corrected chi connectivity index (χ1v) is 12.3. The van der Waals surface area contributed by atoms with E-state index in [1.54, 1.807) is 24.3 Å². The van der Waals surface area contributed by atoms with Crippen LogP contribution in [0.2, 0.25) is 0 Å². The molecule has 0 aliphatic carbocycles. The largest absolute Gasteiger partial charge is 0.490 e. The molecule has 0 saturated carbocycles. The highest BCUT2D eigenvalue weighted by Crippen LogP contribution is 2.32. The molecule has 1 heterocycles. The number of rotatable bonds is 7. The molecule has 0 saturated heterocycles. The number of fused-ring (bicyclic) bond motifs is 1. The topological polar surface area (TPSA) is 93.7 Å². The van der Waals surface area contributed by atoms with Crippen LogP contribution in [0.5, 0.6) is 11.5 Å². The van der Waals surface area contributed by atoms with E-state index < -0.39 is 10.0 Å². The highest BCUT2D eigenvalue weighted by atomic mass is 32.2. The van der Waals surface area contributed by atoms with Gasteiger partial charge in [-0.2, -0.15) is 0 Å². The Bertz CT molecular complexity index is 1260. The Labute approximate surface area is 193 Å². The maximum atomic E-state index is 12.9. The number of amides is 1. The van der Waals surface area contributed by atoms with Gasteiger partial charge in [-0.1, -0.05) is 30.3 Å². The van der Waals surface area contributed by atoms with Crippen LogP contribution in [0.3, 0.4) is 0 Å². The lowest BCUT2D eigenvalue weighted by Gasteiger charge is -2.12. The molecule has 172 valence electrons. The van der Waals surface area contributed by atoms with E-state index in [1.807, 2.05) is 31.2 Å². The van der Waals surface area contributed by atoms with Crippen molar-refractivity contribution in [2.24, 2.45) is 0 Å². The Morgan fingerprint density at radius 1 is 0.939 bits per heavy atom. The van der Waals surface area contributed by atoms with Crippen molar-refractivity contribution in [3.05, 3.63) is 83.4 Å². The predicted octanol–water partition coefficient (Wildman–Crippen LogP) is 3.93. The summed E-state index contributed by atoms with van der Waals surface area (Å²) in [5.74, 6) is 0.660. The van der Waals surface area contributed by atoms with Gasteiger partial charge in [0.15, 0.2) is 11.5 Å². The number of carbonyl (C=O) groups excluding carboxylic acids is 1. The Morgan fingerprint density at radius 2 is 1.73 bits per heavy atom. The molecule has 8 heteroatoms. The Morgan fingerprint density at radius 3 is 2.55 bits per heavy atom. The number of nitrogens with one attached hydrogen (secondary N) is 2. The number of anilines is 1. The molecule has 7 nitrogen and oxygen atoms in total. The molecule has 1 aliphatic heterocycles. The van der Waals surface area contributed by atoms with E-state index in [1.165, 1.54) is 29.3 Å². The minimum atomic E-state index is -3.88. The van der Waals surface area contributed by atoms with E-state index in [0.29, 0.717) is 42.5 Å². The van der Waals surface area contributed by atoms with E-state index in [4.69, 9.17) is 9.47 Å². The second kappa shape index (κ2) is 9.95. The molecule has 3 aromatic carbocycles. The van der Waals surface area contributed by atoms with Crippen LogP contribution in [0.4, 0.5) is 5.69 Å². The zero-order valence-electron chi connectivity index (χ0n) is 18.3. The average Bonchev–Trinajstić information content (AvgIpc) is 3.05. The van der Waals surface area contributed by atoms with Crippen LogP contribution in [-0.2, 0) is 16.4 Å². The van der Waals surface area contributed by atoms with Crippen molar-refractivity contribution in [2.75, 3.05) is 24.5 Å². The Balaban J connectivity index is 1.42. The van der Waals surface area contributed by atoms with Crippen molar-refractivity contribution in [2.45, 2.75) is 24.7 Å². The molecule has 0 fully saturated rings. The minimum Gasteiger partial charge on any atom is -0.490 e. The molecule has 33 heavy (non-hydrogen) atoms. The van der Waals surface area contributed by atoms with Crippen LogP contribution >= 0.6 is 0 Å². The summed E-state index contributed by atoms with van der Waals surface area (Å²) >= 11 is 0. The summed E-state index contributed by atoms with van der Waals surface area (Å²) in [5.41, 5.74) is 3.03. The van der Waals surface area contributed by atoms with E-state index >= 15 is 0 Å². The van der Waals surface area contributed by atoms with Gasteiger partial charge in [0.25, 0.3) is 15.9 Å². The number of sulfonamides is 1. The predicted molar refractivity (Wildman–Crippen MR) is 127 cm³/mol. The highest BCUT2D eigenvalue weighted by molar-refractivity contribution is 7.92. The molecule has 0 aromatic heterocycles. The lowest BCUT2D eigenvalue weighted by molar-refractivity contribution is 0.0954. The fraction of sp³-hybridized carbons (Fsp3) is 0.240. The van der Waals surface area contributed by atoms with E-state index in [0.717, 1.165) is 12.8 Å². The number of aryl methyl sites for hydroxylation is 1. The zero-order valence-corrected chi connectivity index (χ0v) is 19.2. The summed E-state index contributed by atoms with van der Waals surface area (Å²) in [4.78, 5) is 12.6. The van der Waals surface area contributed by atoms with Gasteiger partial charge in [0, 0.05) is 30.3 Å². The molecule has 1 amide bonds. The molecule has 2 N–H and O–H groups in total. The van der Waals surface area contributed by atoms with Crippen LogP contribution in [-0.4, -0.2) is 34.1 Å². The second-order valence-electron chi connectivity index (χ2n) is 7.78. The van der Waals surface area contributed by atoms with Crippen LogP contribution in [0.15, 0.2) is 71.6 Å². The van der Waals surface area contributed by atoms with Crippen LogP contribution in [0, 0.1) is 6.92 Å². The summed E-state index contributed by atoms with van der Waals surface area (Å²) in [6, 6.07) is 19.0. The zero-order chi connectivity index (χ0) is 23.3. The maximum absolute atomic E-state index is 12.9. The minimum absolute atomic E-state index is 0.0554. The third-order valence-electron chi connectivity index (χ3n) is 5.35. The van der Waals surface area contributed by atoms with E-state index in [2.05, 4.69) is 10.0 Å². The number of ether oxygens (including phenoxy) is 2. The van der Waals surface area contributed by atoms with E-state index in [9.17, 15) is 13.2 Å². The van der Waals surface area contributed by atoms with Gasteiger partial charge in [-0.3, -0.25) is 9.52 Å². The normalized spacial score (nSPS) is 13.1. The number of carbonyl (C=O) groups is 1. The van der Waals surface area contributed by atoms with Gasteiger partial charge >= 0.3 is 0 Å².